The Morgan fingerprint density at radius 3 is 2.13 bits per heavy atom. The highest BCUT2D eigenvalue weighted by Gasteiger charge is 2.34. The van der Waals surface area contributed by atoms with Crippen LogP contribution in [0.3, 0.4) is 0 Å². The van der Waals surface area contributed by atoms with Crippen LogP contribution in [0, 0.1) is 0 Å². The zero-order valence-corrected chi connectivity index (χ0v) is 26.7. The van der Waals surface area contributed by atoms with Crippen LogP contribution < -0.4 is 10.8 Å². The number of ether oxygens (including phenoxy) is 2. The molecule has 1 aliphatic rings. The number of hydroxylamine groups is 1. The predicted octanol–water partition coefficient (Wildman–Crippen LogP) is 5.56. The van der Waals surface area contributed by atoms with Gasteiger partial charge in [0.05, 0.1) is 24.9 Å². The van der Waals surface area contributed by atoms with E-state index in [1.807, 2.05) is 92.8 Å². The Hall–Kier alpha value is -3.64. The second-order valence-electron chi connectivity index (χ2n) is 12.0. The zero-order valence-electron chi connectivity index (χ0n) is 26.7. The normalized spacial score (nSPS) is 19.4. The van der Waals surface area contributed by atoms with Crippen molar-refractivity contribution in [2.75, 3.05) is 18.9 Å². The summed E-state index contributed by atoms with van der Waals surface area (Å²) in [6.07, 6.45) is 2.58. The number of aliphatic hydroxyl groups is 2. The third kappa shape index (κ3) is 10.4. The molecular formula is C36H47N3O7. The average molecular weight is 634 g/mol. The molecular weight excluding hydrogens is 586 g/mol. The van der Waals surface area contributed by atoms with Crippen molar-refractivity contribution in [3.05, 3.63) is 101 Å². The monoisotopic (exact) mass is 633 g/mol. The van der Waals surface area contributed by atoms with Gasteiger partial charge in [-0.2, -0.15) is 0 Å². The molecule has 0 spiro atoms. The van der Waals surface area contributed by atoms with Crippen molar-refractivity contribution in [3.63, 3.8) is 0 Å². The number of amides is 2. The second kappa shape index (κ2) is 17.9. The van der Waals surface area contributed by atoms with Crippen molar-refractivity contribution < 1.29 is 34.5 Å². The van der Waals surface area contributed by atoms with E-state index >= 15 is 0 Å². The van der Waals surface area contributed by atoms with Crippen LogP contribution in [0.1, 0.15) is 92.6 Å². The Morgan fingerprint density at radius 2 is 1.50 bits per heavy atom. The number of aliphatic hydroxyl groups excluding tert-OH is 2. The quantitative estimate of drug-likeness (QED) is 0.0785. The Balaban J connectivity index is 1.37. The van der Waals surface area contributed by atoms with Crippen molar-refractivity contribution >= 4 is 17.5 Å². The third-order valence-corrected chi connectivity index (χ3v) is 8.55. The van der Waals surface area contributed by atoms with Gasteiger partial charge in [-0.15, -0.1) is 0 Å². The minimum atomic E-state index is -0.647. The summed E-state index contributed by atoms with van der Waals surface area (Å²) in [7, 11) is 1.99. The molecule has 1 heterocycles. The fraction of sp³-hybridized carbons (Fsp3) is 0.444. The van der Waals surface area contributed by atoms with Crippen LogP contribution in [0.25, 0.3) is 0 Å². The standard InChI is InChI=1S/C36H47N3O7/c1-25(35(43)28-10-6-5-7-11-28)39(2)23-31-22-32(27-16-14-26(24-40)15-17-27)46-36(45-31)29-18-20-30(21-19-29)37-33(41)12-8-3-4-9-13-34(42)38-44/h5-7,10-11,14-21,25,31-32,35-36,40,43-44H,3-4,8-9,12-13,22-24H2,1-2H3,(H,37,41)(H,38,42)/t25-,31+,32-,35-,36-/m0/s1. The van der Waals surface area contributed by atoms with Gasteiger partial charge in [0.1, 0.15) is 0 Å². The smallest absolute Gasteiger partial charge is 0.243 e. The molecule has 1 aliphatic heterocycles. The van der Waals surface area contributed by atoms with E-state index in [9.17, 15) is 19.8 Å². The Labute approximate surface area is 271 Å². The molecule has 0 radical (unpaired) electrons. The molecule has 0 unspecified atom stereocenters. The fourth-order valence-electron chi connectivity index (χ4n) is 5.62. The first kappa shape index (κ1) is 35.2. The van der Waals surface area contributed by atoms with E-state index in [-0.39, 0.29) is 37.2 Å². The number of anilines is 1. The molecule has 10 heteroatoms. The Kier molecular flexibility index (Phi) is 13.7. The summed E-state index contributed by atoms with van der Waals surface area (Å²) in [5.41, 5.74) is 5.83. The van der Waals surface area contributed by atoms with Gasteiger partial charge in [-0.1, -0.05) is 79.6 Å². The lowest BCUT2D eigenvalue weighted by atomic mass is 9.98. The molecule has 1 saturated heterocycles. The maximum Gasteiger partial charge on any atom is 0.243 e. The third-order valence-electron chi connectivity index (χ3n) is 8.55. The number of nitrogens with one attached hydrogen (secondary N) is 2. The van der Waals surface area contributed by atoms with E-state index in [1.165, 1.54) is 0 Å². The van der Waals surface area contributed by atoms with E-state index in [0.29, 0.717) is 37.9 Å². The molecule has 5 N–H and O–H groups in total. The summed E-state index contributed by atoms with van der Waals surface area (Å²) < 4.78 is 13.0. The average Bonchev–Trinajstić information content (AvgIpc) is 3.09. The number of likely N-dealkylation sites (N-methyl/N-ethyl adjacent to an activating group) is 1. The van der Waals surface area contributed by atoms with Gasteiger partial charge in [-0.05, 0) is 55.6 Å². The zero-order chi connectivity index (χ0) is 32.9. The molecule has 4 rings (SSSR count). The number of carbonyl (C=O) groups is 2. The summed E-state index contributed by atoms with van der Waals surface area (Å²) in [6, 6.07) is 24.7. The summed E-state index contributed by atoms with van der Waals surface area (Å²) in [5.74, 6) is -0.471. The van der Waals surface area contributed by atoms with E-state index in [1.54, 1.807) is 5.48 Å². The Bertz CT molecular complexity index is 1350. The largest absolute Gasteiger partial charge is 0.392 e. The minimum Gasteiger partial charge on any atom is -0.392 e. The van der Waals surface area contributed by atoms with Gasteiger partial charge in [0.2, 0.25) is 11.8 Å². The molecule has 0 aromatic heterocycles. The van der Waals surface area contributed by atoms with Gasteiger partial charge in [-0.3, -0.25) is 19.7 Å². The van der Waals surface area contributed by atoms with Crippen LogP contribution in [-0.2, 0) is 25.7 Å². The number of carbonyl (C=O) groups excluding carboxylic acids is 2. The molecule has 0 aliphatic carbocycles. The van der Waals surface area contributed by atoms with Gasteiger partial charge in [0.25, 0.3) is 0 Å². The van der Waals surface area contributed by atoms with Crippen molar-refractivity contribution in [2.45, 2.75) is 89.1 Å². The maximum absolute atomic E-state index is 12.5. The second-order valence-corrected chi connectivity index (χ2v) is 12.0. The molecule has 3 aromatic rings. The van der Waals surface area contributed by atoms with Crippen molar-refractivity contribution in [3.8, 4) is 0 Å². The van der Waals surface area contributed by atoms with Gasteiger partial charge < -0.3 is 25.0 Å². The van der Waals surface area contributed by atoms with Crippen LogP contribution in [0.15, 0.2) is 78.9 Å². The van der Waals surface area contributed by atoms with Gasteiger partial charge in [0, 0.05) is 43.1 Å². The highest BCUT2D eigenvalue weighted by molar-refractivity contribution is 5.90. The van der Waals surface area contributed by atoms with E-state index < -0.39 is 18.3 Å². The first-order chi connectivity index (χ1) is 22.3. The SMILES string of the molecule is C[C@@H]([C@H](O)c1ccccc1)N(C)C[C@H]1C[C@@H](c2ccc(CO)cc2)O[C@@H](c2ccc(NC(=O)CCCCCCC(=O)NO)cc2)O1. The number of nitrogens with zero attached hydrogens (tertiary/aromatic N) is 1. The summed E-state index contributed by atoms with van der Waals surface area (Å²) >= 11 is 0. The van der Waals surface area contributed by atoms with Crippen LogP contribution >= 0.6 is 0 Å². The minimum absolute atomic E-state index is 0.0268. The van der Waals surface area contributed by atoms with Crippen molar-refractivity contribution in [1.29, 1.82) is 0 Å². The number of rotatable bonds is 16. The molecule has 5 atom stereocenters. The summed E-state index contributed by atoms with van der Waals surface area (Å²) in [6.45, 7) is 2.56. The molecule has 2 amide bonds. The lowest BCUT2D eigenvalue weighted by Crippen LogP contribution is -2.43. The number of unbranched alkanes of at least 4 members (excludes halogenated alkanes) is 3. The lowest BCUT2D eigenvalue weighted by molar-refractivity contribution is -0.253. The van der Waals surface area contributed by atoms with Crippen LogP contribution in [0.4, 0.5) is 5.69 Å². The Morgan fingerprint density at radius 1 is 0.870 bits per heavy atom. The topological polar surface area (TPSA) is 141 Å². The summed E-state index contributed by atoms with van der Waals surface area (Å²) in [4.78, 5) is 25.7. The number of hydrogen-bond acceptors (Lipinski definition) is 8. The van der Waals surface area contributed by atoms with E-state index in [4.69, 9.17) is 14.7 Å². The van der Waals surface area contributed by atoms with Crippen molar-refractivity contribution in [2.24, 2.45) is 0 Å². The lowest BCUT2D eigenvalue weighted by Gasteiger charge is -2.39. The first-order valence-corrected chi connectivity index (χ1v) is 16.0. The highest BCUT2D eigenvalue weighted by atomic mass is 16.7. The van der Waals surface area contributed by atoms with Crippen LogP contribution in [0.2, 0.25) is 0 Å². The molecule has 0 bridgehead atoms. The molecule has 0 saturated carbocycles. The van der Waals surface area contributed by atoms with Gasteiger partial charge >= 0.3 is 0 Å². The molecule has 46 heavy (non-hydrogen) atoms. The van der Waals surface area contributed by atoms with Gasteiger partial charge in [0.15, 0.2) is 6.29 Å². The summed E-state index contributed by atoms with van der Waals surface area (Å²) in [5, 5.41) is 32.0. The predicted molar refractivity (Wildman–Crippen MR) is 175 cm³/mol. The fourth-order valence-corrected chi connectivity index (χ4v) is 5.62. The molecule has 1 fully saturated rings. The molecule has 248 valence electrons. The first-order valence-electron chi connectivity index (χ1n) is 16.0. The van der Waals surface area contributed by atoms with E-state index in [2.05, 4.69) is 10.2 Å². The highest BCUT2D eigenvalue weighted by Crippen LogP contribution is 2.38. The van der Waals surface area contributed by atoms with Gasteiger partial charge in [-0.25, -0.2) is 5.48 Å². The van der Waals surface area contributed by atoms with E-state index in [0.717, 1.165) is 35.1 Å². The maximum atomic E-state index is 12.5. The molecule has 3 aromatic carbocycles. The molecule has 10 nitrogen and oxygen atoms in total. The number of benzene rings is 3. The number of hydrogen-bond donors (Lipinski definition) is 5. The van der Waals surface area contributed by atoms with Crippen LogP contribution in [0.5, 0.6) is 0 Å². The van der Waals surface area contributed by atoms with Crippen molar-refractivity contribution in [1.82, 2.24) is 10.4 Å². The van der Waals surface area contributed by atoms with Crippen LogP contribution in [-0.4, -0.2) is 57.9 Å².